The number of allylic oxidation sites excluding steroid dienone is 1. The largest absolute Gasteiger partial charge is 0.480 e. The van der Waals surface area contributed by atoms with Crippen molar-refractivity contribution in [3.05, 3.63) is 11.6 Å². The van der Waals surface area contributed by atoms with Crippen LogP contribution in [0.25, 0.3) is 0 Å². The molecule has 0 radical (unpaired) electrons. The number of hydrogen-bond donors (Lipinski definition) is 4. The van der Waals surface area contributed by atoms with Crippen LogP contribution < -0.4 is 5.32 Å². The molecule has 0 saturated heterocycles. The van der Waals surface area contributed by atoms with Crippen LogP contribution in [0.2, 0.25) is 0 Å². The molecule has 0 fully saturated rings. The summed E-state index contributed by atoms with van der Waals surface area (Å²) in [6.45, 7) is 3.97. The average Bonchev–Trinajstić information content (AvgIpc) is 2.03. The van der Waals surface area contributed by atoms with Crippen LogP contribution in [0.3, 0.4) is 0 Å². The normalized spacial score (nSPS) is 14.6. The quantitative estimate of drug-likeness (QED) is 0.383. The van der Waals surface area contributed by atoms with Crippen LogP contribution >= 0.6 is 12.6 Å². The molecule has 4 nitrogen and oxygen atoms in total. The van der Waals surface area contributed by atoms with Crippen molar-refractivity contribution in [2.24, 2.45) is 0 Å². The topological polar surface area (TPSA) is 69.6 Å². The van der Waals surface area contributed by atoms with Crippen molar-refractivity contribution in [3.63, 3.8) is 0 Å². The van der Waals surface area contributed by atoms with Gasteiger partial charge in [0.25, 0.3) is 0 Å². The van der Waals surface area contributed by atoms with Gasteiger partial charge in [-0.15, -0.1) is 0 Å². The molecule has 0 aromatic rings. The van der Waals surface area contributed by atoms with Crippen LogP contribution in [-0.4, -0.2) is 40.6 Å². The first kappa shape index (κ1) is 13.5. The highest BCUT2D eigenvalue weighted by Crippen LogP contribution is 1.95. The van der Waals surface area contributed by atoms with Crippen LogP contribution in [0.15, 0.2) is 11.6 Å². The minimum atomic E-state index is -0.954. The Morgan fingerprint density at radius 1 is 1.57 bits per heavy atom. The van der Waals surface area contributed by atoms with Crippen LogP contribution in [0, 0.1) is 0 Å². The number of carbonyl (C=O) groups is 1. The van der Waals surface area contributed by atoms with E-state index in [4.69, 9.17) is 5.11 Å². The fraction of sp³-hybridized carbons (Fsp3) is 0.667. The average molecular weight is 219 g/mol. The lowest BCUT2D eigenvalue weighted by molar-refractivity contribution is -0.138. The molecule has 0 spiro atoms. The number of aliphatic hydroxyl groups is 1. The van der Waals surface area contributed by atoms with Gasteiger partial charge in [-0.1, -0.05) is 11.6 Å². The van der Waals surface area contributed by atoms with E-state index in [2.05, 4.69) is 17.9 Å². The smallest absolute Gasteiger partial charge is 0.321 e. The van der Waals surface area contributed by atoms with Crippen molar-refractivity contribution in [3.8, 4) is 0 Å². The Balaban J connectivity index is 3.91. The summed E-state index contributed by atoms with van der Waals surface area (Å²) in [7, 11) is 0. The van der Waals surface area contributed by atoms with Gasteiger partial charge < -0.3 is 15.5 Å². The molecular formula is C9H17NO3S. The Hall–Kier alpha value is -0.520. The molecule has 0 amide bonds. The first-order valence-electron chi connectivity index (χ1n) is 4.37. The molecule has 5 heteroatoms. The van der Waals surface area contributed by atoms with Crippen molar-refractivity contribution in [1.29, 1.82) is 0 Å². The monoisotopic (exact) mass is 219 g/mol. The fourth-order valence-corrected chi connectivity index (χ4v) is 1.22. The van der Waals surface area contributed by atoms with E-state index in [1.165, 1.54) is 0 Å². The molecule has 0 saturated carbocycles. The highest BCUT2D eigenvalue weighted by Gasteiger charge is 2.15. The summed E-state index contributed by atoms with van der Waals surface area (Å²) in [4.78, 5) is 10.6. The summed E-state index contributed by atoms with van der Waals surface area (Å²) in [5.41, 5.74) is 0.997. The summed E-state index contributed by atoms with van der Waals surface area (Å²) in [6, 6.07) is -0.710. The SMILES string of the molecule is CC(C)=CC(O)CNC(CS)C(=O)O. The Bertz CT molecular complexity index is 214. The third-order valence-electron chi connectivity index (χ3n) is 1.58. The van der Waals surface area contributed by atoms with Gasteiger partial charge in [0.2, 0.25) is 0 Å². The van der Waals surface area contributed by atoms with Gasteiger partial charge in [0.15, 0.2) is 0 Å². The van der Waals surface area contributed by atoms with Crippen molar-refractivity contribution in [2.75, 3.05) is 12.3 Å². The van der Waals surface area contributed by atoms with Crippen molar-refractivity contribution in [2.45, 2.75) is 26.0 Å². The zero-order valence-corrected chi connectivity index (χ0v) is 9.29. The van der Waals surface area contributed by atoms with Gasteiger partial charge in [-0.05, 0) is 13.8 Å². The zero-order valence-electron chi connectivity index (χ0n) is 8.40. The lowest BCUT2D eigenvalue weighted by atomic mass is 10.2. The molecule has 0 aliphatic carbocycles. The Kier molecular flexibility index (Phi) is 6.61. The number of aliphatic carboxylic acids is 1. The molecule has 0 aromatic carbocycles. The predicted octanol–water partition coefficient (Wildman–Crippen LogP) is 0.286. The van der Waals surface area contributed by atoms with Gasteiger partial charge in [0, 0.05) is 12.3 Å². The van der Waals surface area contributed by atoms with Crippen molar-refractivity contribution < 1.29 is 15.0 Å². The summed E-state index contributed by atoms with van der Waals surface area (Å²) < 4.78 is 0. The predicted molar refractivity (Wildman–Crippen MR) is 58.7 cm³/mol. The lowest BCUT2D eigenvalue weighted by Crippen LogP contribution is -2.41. The Morgan fingerprint density at radius 3 is 2.50 bits per heavy atom. The molecule has 0 aliphatic rings. The minimum Gasteiger partial charge on any atom is -0.480 e. The Labute approximate surface area is 89.4 Å². The molecule has 0 heterocycles. The summed E-state index contributed by atoms with van der Waals surface area (Å²) in [6.07, 6.45) is 1.02. The standard InChI is InChI=1S/C9H17NO3S/c1-6(2)3-7(11)4-10-8(5-14)9(12)13/h3,7-8,10-11,14H,4-5H2,1-2H3,(H,12,13). The first-order chi connectivity index (χ1) is 6.47. The molecule has 2 unspecified atom stereocenters. The van der Waals surface area contributed by atoms with E-state index in [0.717, 1.165) is 5.57 Å². The van der Waals surface area contributed by atoms with E-state index in [9.17, 15) is 9.90 Å². The molecule has 2 atom stereocenters. The molecule has 0 bridgehead atoms. The van der Waals surface area contributed by atoms with Gasteiger partial charge in [-0.3, -0.25) is 4.79 Å². The van der Waals surface area contributed by atoms with Crippen LogP contribution in [0.4, 0.5) is 0 Å². The fourth-order valence-electron chi connectivity index (χ4n) is 0.937. The number of carboxylic acid groups (broad SMARTS) is 1. The summed E-state index contributed by atoms with van der Waals surface area (Å²) in [5.74, 6) is -0.749. The number of hydrogen-bond acceptors (Lipinski definition) is 4. The molecule has 3 N–H and O–H groups in total. The van der Waals surface area contributed by atoms with Crippen molar-refractivity contribution in [1.82, 2.24) is 5.32 Å². The van der Waals surface area contributed by atoms with Gasteiger partial charge >= 0.3 is 5.97 Å². The second-order valence-electron chi connectivity index (χ2n) is 3.29. The molecule has 0 aromatic heterocycles. The third-order valence-corrected chi connectivity index (χ3v) is 1.94. The highest BCUT2D eigenvalue weighted by molar-refractivity contribution is 7.80. The van der Waals surface area contributed by atoms with Crippen LogP contribution in [0.1, 0.15) is 13.8 Å². The minimum absolute atomic E-state index is 0.205. The molecule has 82 valence electrons. The van der Waals surface area contributed by atoms with Gasteiger partial charge in [0.05, 0.1) is 6.10 Å². The molecule has 14 heavy (non-hydrogen) atoms. The van der Waals surface area contributed by atoms with Gasteiger partial charge in [0.1, 0.15) is 6.04 Å². The molecule has 0 aliphatic heterocycles. The number of thiol groups is 1. The number of aliphatic hydroxyl groups excluding tert-OH is 1. The second kappa shape index (κ2) is 6.86. The van der Waals surface area contributed by atoms with Crippen LogP contribution in [0.5, 0.6) is 0 Å². The lowest BCUT2D eigenvalue weighted by Gasteiger charge is -2.13. The molecular weight excluding hydrogens is 202 g/mol. The first-order valence-corrected chi connectivity index (χ1v) is 5.00. The van der Waals surface area contributed by atoms with Gasteiger partial charge in [-0.2, -0.15) is 12.6 Å². The second-order valence-corrected chi connectivity index (χ2v) is 3.66. The maximum atomic E-state index is 10.6. The van der Waals surface area contributed by atoms with E-state index in [1.54, 1.807) is 6.08 Å². The third kappa shape index (κ3) is 6.01. The maximum absolute atomic E-state index is 10.6. The highest BCUT2D eigenvalue weighted by atomic mass is 32.1. The van der Waals surface area contributed by atoms with Gasteiger partial charge in [-0.25, -0.2) is 0 Å². The number of nitrogens with one attached hydrogen (secondary N) is 1. The number of rotatable bonds is 6. The van der Waals surface area contributed by atoms with Crippen LogP contribution in [-0.2, 0) is 4.79 Å². The van der Waals surface area contributed by atoms with E-state index < -0.39 is 18.1 Å². The summed E-state index contributed by atoms with van der Waals surface area (Å²) in [5, 5.41) is 20.8. The summed E-state index contributed by atoms with van der Waals surface area (Å²) >= 11 is 3.89. The zero-order chi connectivity index (χ0) is 11.1. The van der Waals surface area contributed by atoms with E-state index >= 15 is 0 Å². The Morgan fingerprint density at radius 2 is 2.14 bits per heavy atom. The van der Waals surface area contributed by atoms with E-state index in [-0.39, 0.29) is 12.3 Å². The molecule has 0 rings (SSSR count). The van der Waals surface area contributed by atoms with E-state index in [1.807, 2.05) is 13.8 Å². The maximum Gasteiger partial charge on any atom is 0.321 e. The van der Waals surface area contributed by atoms with Crippen molar-refractivity contribution >= 4 is 18.6 Å². The van der Waals surface area contributed by atoms with E-state index in [0.29, 0.717) is 0 Å². The number of carboxylic acids is 1.